The molecule has 0 saturated carbocycles. The third-order valence-electron chi connectivity index (χ3n) is 4.95. The van der Waals surface area contributed by atoms with E-state index >= 15 is 0 Å². The molecular formula is C22H20ClFN4O2S. The number of hydrogen-bond acceptors (Lipinski definition) is 5. The minimum Gasteiger partial charge on any atom is -0.366 e. The van der Waals surface area contributed by atoms with Gasteiger partial charge in [-0.25, -0.2) is 18.4 Å². The molecule has 0 aliphatic carbocycles. The van der Waals surface area contributed by atoms with E-state index in [1.165, 1.54) is 6.07 Å². The summed E-state index contributed by atoms with van der Waals surface area (Å²) in [6.45, 7) is 2.13. The Morgan fingerprint density at radius 1 is 1.13 bits per heavy atom. The number of hydrogen-bond donors (Lipinski definition) is 2. The summed E-state index contributed by atoms with van der Waals surface area (Å²) in [6, 6.07) is 10.0. The van der Waals surface area contributed by atoms with E-state index in [0.717, 1.165) is 28.4 Å². The van der Waals surface area contributed by atoms with Crippen LogP contribution in [0.2, 0.25) is 5.02 Å². The Balaban J connectivity index is 1.53. The molecular weight excluding hydrogens is 439 g/mol. The first kappa shape index (κ1) is 21.3. The Morgan fingerprint density at radius 3 is 2.65 bits per heavy atom. The first-order chi connectivity index (χ1) is 14.7. The highest BCUT2D eigenvalue weighted by molar-refractivity contribution is 7.90. The van der Waals surface area contributed by atoms with E-state index in [1.807, 2.05) is 19.2 Å². The smallest absolute Gasteiger partial charge is 0.218 e. The van der Waals surface area contributed by atoms with Crippen LogP contribution in [-0.2, 0) is 22.8 Å². The summed E-state index contributed by atoms with van der Waals surface area (Å²) >= 11 is 5.93. The van der Waals surface area contributed by atoms with Gasteiger partial charge in [0.15, 0.2) is 9.84 Å². The number of aromatic amines is 1. The fourth-order valence-corrected chi connectivity index (χ4v) is 4.61. The zero-order chi connectivity index (χ0) is 22.2. The van der Waals surface area contributed by atoms with Crippen molar-refractivity contribution in [2.45, 2.75) is 24.8 Å². The second-order valence-corrected chi connectivity index (χ2v) is 9.84. The molecule has 0 bridgehead atoms. The maximum absolute atomic E-state index is 14.7. The summed E-state index contributed by atoms with van der Waals surface area (Å²) in [6.07, 6.45) is 5.10. The van der Waals surface area contributed by atoms with Crippen LogP contribution in [0.3, 0.4) is 0 Å². The van der Waals surface area contributed by atoms with Gasteiger partial charge in [0, 0.05) is 47.6 Å². The van der Waals surface area contributed by atoms with Crippen molar-refractivity contribution in [3.8, 4) is 0 Å². The molecule has 0 amide bonds. The van der Waals surface area contributed by atoms with E-state index in [2.05, 4.69) is 20.3 Å². The van der Waals surface area contributed by atoms with Gasteiger partial charge in [0.05, 0.1) is 4.90 Å². The topological polar surface area (TPSA) is 87.7 Å². The first-order valence-corrected chi connectivity index (χ1v) is 11.8. The zero-order valence-corrected chi connectivity index (χ0v) is 18.5. The number of nitrogens with zero attached hydrogens (tertiary/aromatic N) is 2. The minimum atomic E-state index is -3.45. The quantitative estimate of drug-likeness (QED) is 0.410. The molecule has 0 unspecified atom stereocenters. The summed E-state index contributed by atoms with van der Waals surface area (Å²) in [5.74, 6) is -0.272. The van der Waals surface area contributed by atoms with Gasteiger partial charge in [-0.1, -0.05) is 23.7 Å². The molecule has 0 radical (unpaired) electrons. The van der Waals surface area contributed by atoms with Crippen molar-refractivity contribution in [1.82, 2.24) is 15.0 Å². The zero-order valence-electron chi connectivity index (χ0n) is 16.9. The predicted octanol–water partition coefficient (Wildman–Crippen LogP) is 4.67. The van der Waals surface area contributed by atoms with Crippen LogP contribution in [0.4, 0.5) is 10.2 Å². The number of H-pyrrole nitrogens is 1. The average Bonchev–Trinajstić information content (AvgIpc) is 3.10. The van der Waals surface area contributed by atoms with Gasteiger partial charge in [-0.05, 0) is 47.9 Å². The molecule has 4 rings (SSSR count). The fraction of sp³-hybridized carbons (Fsp3) is 0.182. The normalized spacial score (nSPS) is 11.7. The van der Waals surface area contributed by atoms with Crippen LogP contribution in [0.1, 0.15) is 22.3 Å². The lowest BCUT2D eigenvalue weighted by molar-refractivity contribution is 0.571. The molecule has 0 aliphatic rings. The summed E-state index contributed by atoms with van der Waals surface area (Å²) < 4.78 is 38.7. The molecule has 160 valence electrons. The van der Waals surface area contributed by atoms with Crippen LogP contribution in [0, 0.1) is 12.9 Å². The maximum atomic E-state index is 14.7. The molecule has 4 aromatic rings. The number of anilines is 1. The van der Waals surface area contributed by atoms with Crippen LogP contribution in [0.25, 0.3) is 11.0 Å². The standard InChI is InChI=1S/C22H20ClFN4O2S/c1-13-7-18-16(12-27-22(18)26-10-13)8-14-4-6-20(28-21(14)24)25-11-15-3-5-17(23)9-19(15)31(2,29)30/h3-7,9-10,12H,8,11H2,1-2H3,(H,25,28)(H,26,27). The number of nitrogens with one attached hydrogen (secondary N) is 2. The van der Waals surface area contributed by atoms with E-state index in [9.17, 15) is 12.8 Å². The van der Waals surface area contributed by atoms with Crippen molar-refractivity contribution in [3.05, 3.63) is 82.0 Å². The largest absolute Gasteiger partial charge is 0.366 e. The van der Waals surface area contributed by atoms with E-state index < -0.39 is 15.8 Å². The van der Waals surface area contributed by atoms with Crippen molar-refractivity contribution < 1.29 is 12.8 Å². The number of sulfone groups is 1. The highest BCUT2D eigenvalue weighted by Gasteiger charge is 2.15. The summed E-state index contributed by atoms with van der Waals surface area (Å²) in [5, 5.41) is 4.27. The molecule has 3 aromatic heterocycles. The molecule has 6 nitrogen and oxygen atoms in total. The minimum absolute atomic E-state index is 0.132. The summed E-state index contributed by atoms with van der Waals surface area (Å²) in [4.78, 5) is 11.6. The highest BCUT2D eigenvalue weighted by atomic mass is 35.5. The van der Waals surface area contributed by atoms with Crippen LogP contribution in [0.15, 0.2) is 53.7 Å². The summed E-state index contributed by atoms with van der Waals surface area (Å²) in [5.41, 5.74) is 3.71. The Kier molecular flexibility index (Phi) is 5.68. The van der Waals surface area contributed by atoms with E-state index in [-0.39, 0.29) is 11.4 Å². The average molecular weight is 459 g/mol. The van der Waals surface area contributed by atoms with Crippen molar-refractivity contribution in [3.63, 3.8) is 0 Å². The van der Waals surface area contributed by atoms with Crippen molar-refractivity contribution >= 4 is 38.3 Å². The lowest BCUT2D eigenvalue weighted by Crippen LogP contribution is -2.09. The number of aryl methyl sites for hydroxylation is 1. The Hall–Kier alpha value is -2.97. The number of aromatic nitrogens is 3. The Morgan fingerprint density at radius 2 is 1.90 bits per heavy atom. The molecule has 0 atom stereocenters. The van der Waals surface area contributed by atoms with Gasteiger partial charge in [-0.2, -0.15) is 4.39 Å². The molecule has 0 aliphatic heterocycles. The molecule has 2 N–H and O–H groups in total. The number of pyridine rings is 2. The van der Waals surface area contributed by atoms with Gasteiger partial charge in [0.25, 0.3) is 0 Å². The number of fused-ring (bicyclic) bond motifs is 1. The van der Waals surface area contributed by atoms with E-state index in [4.69, 9.17) is 11.6 Å². The number of halogens is 2. The predicted molar refractivity (Wildman–Crippen MR) is 120 cm³/mol. The molecule has 0 fully saturated rings. The van der Waals surface area contributed by atoms with E-state index in [0.29, 0.717) is 28.4 Å². The van der Waals surface area contributed by atoms with Crippen molar-refractivity contribution in [1.29, 1.82) is 0 Å². The van der Waals surface area contributed by atoms with Gasteiger partial charge in [-0.3, -0.25) is 0 Å². The van der Waals surface area contributed by atoms with Crippen molar-refractivity contribution in [2.75, 3.05) is 11.6 Å². The third-order valence-corrected chi connectivity index (χ3v) is 6.36. The van der Waals surface area contributed by atoms with Crippen LogP contribution < -0.4 is 5.32 Å². The van der Waals surface area contributed by atoms with Gasteiger partial charge >= 0.3 is 0 Å². The lowest BCUT2D eigenvalue weighted by Gasteiger charge is -2.11. The van der Waals surface area contributed by atoms with Crippen LogP contribution >= 0.6 is 11.6 Å². The monoisotopic (exact) mass is 458 g/mol. The molecule has 0 spiro atoms. The molecule has 31 heavy (non-hydrogen) atoms. The van der Waals surface area contributed by atoms with E-state index in [1.54, 1.807) is 30.5 Å². The van der Waals surface area contributed by atoms with Gasteiger partial charge < -0.3 is 10.3 Å². The molecule has 0 saturated heterocycles. The summed E-state index contributed by atoms with van der Waals surface area (Å²) in [7, 11) is -3.45. The maximum Gasteiger partial charge on any atom is 0.218 e. The SMILES string of the molecule is Cc1cnc2[nH]cc(Cc3ccc(NCc4ccc(Cl)cc4S(C)(=O)=O)nc3F)c2c1. The fourth-order valence-electron chi connectivity index (χ4n) is 3.41. The van der Waals surface area contributed by atoms with Crippen LogP contribution in [0.5, 0.6) is 0 Å². The molecule has 9 heteroatoms. The highest BCUT2D eigenvalue weighted by Crippen LogP contribution is 2.24. The van der Waals surface area contributed by atoms with Gasteiger partial charge in [-0.15, -0.1) is 0 Å². The second kappa shape index (κ2) is 8.28. The third kappa shape index (κ3) is 4.70. The Bertz CT molecular complexity index is 1390. The van der Waals surface area contributed by atoms with Gasteiger partial charge in [0.1, 0.15) is 11.5 Å². The number of benzene rings is 1. The molecule has 3 heterocycles. The first-order valence-electron chi connectivity index (χ1n) is 9.51. The lowest BCUT2D eigenvalue weighted by atomic mass is 10.1. The van der Waals surface area contributed by atoms with Crippen molar-refractivity contribution in [2.24, 2.45) is 0 Å². The van der Waals surface area contributed by atoms with Gasteiger partial charge in [0.2, 0.25) is 5.95 Å². The van der Waals surface area contributed by atoms with Crippen LogP contribution in [-0.4, -0.2) is 29.6 Å². The Labute approximate surface area is 184 Å². The second-order valence-electron chi connectivity index (χ2n) is 7.42. The molecule has 1 aromatic carbocycles. The number of rotatable bonds is 6.